The fraction of sp³-hybridized carbons (Fsp3) is 0.350. The molecule has 2 heterocycles. The number of aryl methyl sites for hydroxylation is 3. The highest BCUT2D eigenvalue weighted by atomic mass is 16.3. The van der Waals surface area contributed by atoms with Crippen LogP contribution in [0.4, 0.5) is 5.69 Å². The van der Waals surface area contributed by atoms with Crippen molar-refractivity contribution in [1.82, 2.24) is 9.55 Å². The van der Waals surface area contributed by atoms with Crippen LogP contribution in [-0.2, 0) is 6.54 Å². The van der Waals surface area contributed by atoms with Crippen molar-refractivity contribution in [3.63, 3.8) is 0 Å². The number of carbonyl (C=O) groups is 1. The highest BCUT2D eigenvalue weighted by Crippen LogP contribution is 2.23. The molecule has 6 heteroatoms. The summed E-state index contributed by atoms with van der Waals surface area (Å²) in [6.07, 6.45) is 1.47. The SMILES string of the molecule is Cc1ccc(NC(=O)c2c(C)oc3ncn(CC(C)C)c(=O)c23)c(C)c1. The average Bonchev–Trinajstić information content (AvgIpc) is 2.89. The molecule has 136 valence electrons. The molecule has 0 saturated carbocycles. The number of carbonyl (C=O) groups excluding carboxylic acids is 1. The van der Waals surface area contributed by atoms with E-state index in [4.69, 9.17) is 4.42 Å². The van der Waals surface area contributed by atoms with Gasteiger partial charge in [-0.1, -0.05) is 31.5 Å². The molecule has 0 saturated heterocycles. The Labute approximate surface area is 151 Å². The lowest BCUT2D eigenvalue weighted by Gasteiger charge is -2.10. The van der Waals surface area contributed by atoms with Crippen LogP contribution in [0, 0.1) is 26.7 Å². The predicted octanol–water partition coefficient (Wildman–Crippen LogP) is 3.82. The molecule has 2 aromatic heterocycles. The first kappa shape index (κ1) is 17.9. The van der Waals surface area contributed by atoms with E-state index in [1.165, 1.54) is 10.9 Å². The van der Waals surface area contributed by atoms with Crippen LogP contribution in [0.1, 0.15) is 41.1 Å². The topological polar surface area (TPSA) is 77.1 Å². The monoisotopic (exact) mass is 353 g/mol. The lowest BCUT2D eigenvalue weighted by atomic mass is 10.1. The van der Waals surface area contributed by atoms with Crippen molar-refractivity contribution >= 4 is 22.7 Å². The number of rotatable bonds is 4. The third-order valence-electron chi connectivity index (χ3n) is 4.27. The van der Waals surface area contributed by atoms with Gasteiger partial charge in [0.25, 0.3) is 11.5 Å². The average molecular weight is 353 g/mol. The van der Waals surface area contributed by atoms with Crippen LogP contribution >= 0.6 is 0 Å². The minimum Gasteiger partial charge on any atom is -0.442 e. The van der Waals surface area contributed by atoms with Gasteiger partial charge in [-0.2, -0.15) is 0 Å². The van der Waals surface area contributed by atoms with Gasteiger partial charge in [0, 0.05) is 12.2 Å². The van der Waals surface area contributed by atoms with E-state index in [2.05, 4.69) is 10.3 Å². The molecule has 0 spiro atoms. The molecule has 1 amide bonds. The zero-order valence-corrected chi connectivity index (χ0v) is 15.7. The molecular formula is C20H23N3O3. The maximum atomic E-state index is 12.9. The molecule has 3 aromatic rings. The Morgan fingerprint density at radius 3 is 2.65 bits per heavy atom. The first-order valence-electron chi connectivity index (χ1n) is 8.65. The van der Waals surface area contributed by atoms with Crippen molar-refractivity contribution in [3.05, 3.63) is 57.3 Å². The van der Waals surface area contributed by atoms with Crippen LogP contribution in [0.2, 0.25) is 0 Å². The zero-order valence-electron chi connectivity index (χ0n) is 15.7. The number of fused-ring (bicyclic) bond motifs is 1. The second kappa shape index (κ2) is 6.78. The first-order chi connectivity index (χ1) is 12.3. The lowest BCUT2D eigenvalue weighted by molar-refractivity contribution is 0.102. The van der Waals surface area contributed by atoms with E-state index in [0.717, 1.165) is 11.1 Å². The van der Waals surface area contributed by atoms with Gasteiger partial charge in [-0.3, -0.25) is 14.2 Å². The van der Waals surface area contributed by atoms with Crippen molar-refractivity contribution in [2.24, 2.45) is 5.92 Å². The largest absolute Gasteiger partial charge is 0.442 e. The van der Waals surface area contributed by atoms with E-state index in [9.17, 15) is 9.59 Å². The minimum absolute atomic E-state index is 0.193. The Bertz CT molecular complexity index is 1040. The van der Waals surface area contributed by atoms with Gasteiger partial charge in [0.2, 0.25) is 5.71 Å². The quantitative estimate of drug-likeness (QED) is 0.773. The molecule has 26 heavy (non-hydrogen) atoms. The van der Waals surface area contributed by atoms with Gasteiger partial charge >= 0.3 is 0 Å². The van der Waals surface area contributed by atoms with Crippen molar-refractivity contribution in [1.29, 1.82) is 0 Å². The molecule has 6 nitrogen and oxygen atoms in total. The normalized spacial score (nSPS) is 11.3. The summed E-state index contributed by atoms with van der Waals surface area (Å²) >= 11 is 0. The summed E-state index contributed by atoms with van der Waals surface area (Å²) in [4.78, 5) is 29.9. The minimum atomic E-state index is -0.366. The highest BCUT2D eigenvalue weighted by molar-refractivity contribution is 6.12. The Morgan fingerprint density at radius 2 is 2.00 bits per heavy atom. The van der Waals surface area contributed by atoms with Crippen LogP contribution in [-0.4, -0.2) is 15.5 Å². The number of aromatic nitrogens is 2. The number of anilines is 1. The van der Waals surface area contributed by atoms with Crippen LogP contribution in [0.25, 0.3) is 11.1 Å². The Morgan fingerprint density at radius 1 is 1.27 bits per heavy atom. The van der Waals surface area contributed by atoms with Gasteiger partial charge in [-0.05, 0) is 38.3 Å². The van der Waals surface area contributed by atoms with E-state index in [1.807, 2.05) is 45.9 Å². The smallest absolute Gasteiger partial charge is 0.265 e. The van der Waals surface area contributed by atoms with Crippen LogP contribution in [0.15, 0.2) is 33.7 Å². The van der Waals surface area contributed by atoms with Gasteiger partial charge in [-0.15, -0.1) is 0 Å². The van der Waals surface area contributed by atoms with E-state index in [1.54, 1.807) is 6.92 Å². The third kappa shape index (κ3) is 3.27. The number of hydrogen-bond donors (Lipinski definition) is 1. The molecule has 0 aliphatic rings. The molecule has 0 fully saturated rings. The van der Waals surface area contributed by atoms with E-state index < -0.39 is 0 Å². The van der Waals surface area contributed by atoms with Gasteiger partial charge in [0.1, 0.15) is 17.5 Å². The number of amides is 1. The van der Waals surface area contributed by atoms with E-state index >= 15 is 0 Å². The van der Waals surface area contributed by atoms with Gasteiger partial charge in [0.15, 0.2) is 0 Å². The molecule has 0 unspecified atom stereocenters. The number of nitrogens with zero attached hydrogens (tertiary/aromatic N) is 2. The van der Waals surface area contributed by atoms with Gasteiger partial charge in [0.05, 0.1) is 5.56 Å². The first-order valence-corrected chi connectivity index (χ1v) is 8.65. The van der Waals surface area contributed by atoms with Crippen LogP contribution in [0.5, 0.6) is 0 Å². The summed E-state index contributed by atoms with van der Waals surface area (Å²) in [5, 5.41) is 3.11. The Kier molecular flexibility index (Phi) is 4.68. The molecule has 0 atom stereocenters. The predicted molar refractivity (Wildman–Crippen MR) is 102 cm³/mol. The van der Waals surface area contributed by atoms with Crippen molar-refractivity contribution in [2.75, 3.05) is 5.32 Å². The molecule has 0 aliphatic carbocycles. The van der Waals surface area contributed by atoms with Gasteiger partial charge < -0.3 is 9.73 Å². The summed E-state index contributed by atoms with van der Waals surface area (Å²) in [5.74, 6) is 0.302. The third-order valence-corrected chi connectivity index (χ3v) is 4.27. The molecule has 0 radical (unpaired) electrons. The van der Waals surface area contributed by atoms with Crippen molar-refractivity contribution in [2.45, 2.75) is 41.2 Å². The maximum Gasteiger partial charge on any atom is 0.265 e. The fourth-order valence-corrected chi connectivity index (χ4v) is 3.07. The zero-order chi connectivity index (χ0) is 19.0. The van der Waals surface area contributed by atoms with Crippen molar-refractivity contribution in [3.8, 4) is 0 Å². The molecule has 0 bridgehead atoms. The Balaban J connectivity index is 2.07. The maximum absolute atomic E-state index is 12.9. The molecule has 1 aromatic carbocycles. The summed E-state index contributed by atoms with van der Waals surface area (Å²) in [5.41, 5.74) is 2.96. The summed E-state index contributed by atoms with van der Waals surface area (Å²) in [6, 6.07) is 5.78. The van der Waals surface area contributed by atoms with E-state index in [0.29, 0.717) is 18.0 Å². The van der Waals surface area contributed by atoms with Crippen LogP contribution in [0.3, 0.4) is 0 Å². The number of furan rings is 1. The standard InChI is InChI=1S/C20H23N3O3/c1-11(2)9-23-10-21-19-17(20(23)25)16(14(5)26-19)18(24)22-15-7-6-12(3)8-13(15)4/h6-8,10-11H,9H2,1-5H3,(H,22,24). The van der Waals surface area contributed by atoms with E-state index in [-0.39, 0.29) is 34.0 Å². The fourth-order valence-electron chi connectivity index (χ4n) is 3.07. The lowest BCUT2D eigenvalue weighted by Crippen LogP contribution is -2.24. The van der Waals surface area contributed by atoms with Gasteiger partial charge in [-0.25, -0.2) is 4.98 Å². The number of nitrogens with one attached hydrogen (secondary N) is 1. The second-order valence-electron chi connectivity index (χ2n) is 7.08. The summed E-state index contributed by atoms with van der Waals surface area (Å²) in [7, 11) is 0. The summed E-state index contributed by atoms with van der Waals surface area (Å²) in [6.45, 7) is 10.2. The molecule has 1 N–H and O–H groups in total. The molecular weight excluding hydrogens is 330 g/mol. The van der Waals surface area contributed by atoms with Crippen molar-refractivity contribution < 1.29 is 9.21 Å². The number of benzene rings is 1. The van der Waals surface area contributed by atoms with Crippen LogP contribution < -0.4 is 10.9 Å². The number of hydrogen-bond acceptors (Lipinski definition) is 4. The molecule has 3 rings (SSSR count). The Hall–Kier alpha value is -2.89. The summed E-state index contributed by atoms with van der Waals surface area (Å²) < 4.78 is 7.09. The second-order valence-corrected chi connectivity index (χ2v) is 7.08. The highest BCUT2D eigenvalue weighted by Gasteiger charge is 2.23. The molecule has 0 aliphatic heterocycles.